The molecule has 1 saturated heterocycles. The molecule has 0 radical (unpaired) electrons. The standard InChI is InChI=1S/C9H18N2OS/c1-9(2)7-11(8(12)6-13)5-4-10(9)3/h13H,4-7H2,1-3H3. The van der Waals surface area contributed by atoms with E-state index in [2.05, 4.69) is 38.4 Å². The number of hydrogen-bond acceptors (Lipinski definition) is 3. The van der Waals surface area contributed by atoms with E-state index >= 15 is 0 Å². The number of carbonyl (C=O) groups excluding carboxylic acids is 1. The highest BCUT2D eigenvalue weighted by molar-refractivity contribution is 7.81. The molecule has 0 aromatic carbocycles. The quantitative estimate of drug-likeness (QED) is 0.625. The first-order valence-electron chi connectivity index (χ1n) is 4.57. The van der Waals surface area contributed by atoms with Crippen LogP contribution in [-0.2, 0) is 4.79 Å². The van der Waals surface area contributed by atoms with Crippen LogP contribution >= 0.6 is 12.6 Å². The van der Waals surface area contributed by atoms with Gasteiger partial charge in [-0.05, 0) is 20.9 Å². The fourth-order valence-corrected chi connectivity index (χ4v) is 1.75. The van der Waals surface area contributed by atoms with E-state index in [1.807, 2.05) is 4.90 Å². The van der Waals surface area contributed by atoms with E-state index in [1.54, 1.807) is 0 Å². The summed E-state index contributed by atoms with van der Waals surface area (Å²) in [5.74, 6) is 0.462. The SMILES string of the molecule is CN1CCN(C(=O)CS)CC1(C)C. The molecule has 0 aromatic heterocycles. The summed E-state index contributed by atoms with van der Waals surface area (Å²) in [5.41, 5.74) is 0.0941. The van der Waals surface area contributed by atoms with Crippen molar-refractivity contribution in [2.75, 3.05) is 32.4 Å². The minimum absolute atomic E-state index is 0.0941. The predicted octanol–water partition coefficient (Wildman–Crippen LogP) is 0.469. The first-order chi connectivity index (χ1) is 5.97. The van der Waals surface area contributed by atoms with Crippen LogP contribution in [0.5, 0.6) is 0 Å². The lowest BCUT2D eigenvalue weighted by molar-refractivity contribution is -0.132. The zero-order valence-corrected chi connectivity index (χ0v) is 9.47. The maximum absolute atomic E-state index is 11.4. The van der Waals surface area contributed by atoms with Gasteiger partial charge in [0, 0.05) is 25.2 Å². The van der Waals surface area contributed by atoms with Gasteiger partial charge >= 0.3 is 0 Å². The molecule has 0 aromatic rings. The third-order valence-electron chi connectivity index (χ3n) is 2.80. The average Bonchev–Trinajstić information content (AvgIpc) is 2.08. The number of rotatable bonds is 1. The Labute approximate surface area is 85.5 Å². The second-order valence-electron chi connectivity index (χ2n) is 4.21. The first-order valence-corrected chi connectivity index (χ1v) is 5.20. The largest absolute Gasteiger partial charge is 0.339 e. The Balaban J connectivity index is 2.60. The summed E-state index contributed by atoms with van der Waals surface area (Å²) in [6.45, 7) is 6.91. The van der Waals surface area contributed by atoms with Crippen molar-refractivity contribution in [3.8, 4) is 0 Å². The monoisotopic (exact) mass is 202 g/mol. The van der Waals surface area contributed by atoms with Crippen molar-refractivity contribution in [2.45, 2.75) is 19.4 Å². The molecule has 0 unspecified atom stereocenters. The lowest BCUT2D eigenvalue weighted by atomic mass is 10.00. The fourth-order valence-electron chi connectivity index (χ4n) is 1.55. The molecule has 0 bridgehead atoms. The van der Waals surface area contributed by atoms with Gasteiger partial charge in [0.15, 0.2) is 0 Å². The lowest BCUT2D eigenvalue weighted by Gasteiger charge is -2.45. The molecule has 1 aliphatic heterocycles. The molecule has 1 heterocycles. The Bertz CT molecular complexity index is 206. The van der Waals surface area contributed by atoms with Gasteiger partial charge in [-0.3, -0.25) is 9.69 Å². The van der Waals surface area contributed by atoms with Crippen LogP contribution in [0.3, 0.4) is 0 Å². The molecule has 1 amide bonds. The van der Waals surface area contributed by atoms with Gasteiger partial charge in [0.1, 0.15) is 0 Å². The third-order valence-corrected chi connectivity index (χ3v) is 3.07. The smallest absolute Gasteiger partial charge is 0.232 e. The average molecular weight is 202 g/mol. The minimum Gasteiger partial charge on any atom is -0.339 e. The molecule has 0 saturated carbocycles. The highest BCUT2D eigenvalue weighted by atomic mass is 32.1. The molecule has 4 heteroatoms. The first kappa shape index (κ1) is 10.9. The zero-order valence-electron chi connectivity index (χ0n) is 8.58. The van der Waals surface area contributed by atoms with Gasteiger partial charge in [0.25, 0.3) is 0 Å². The number of likely N-dealkylation sites (N-methyl/N-ethyl adjacent to an activating group) is 1. The number of thiol groups is 1. The molecule has 3 nitrogen and oxygen atoms in total. The number of nitrogens with zero attached hydrogens (tertiary/aromatic N) is 2. The Morgan fingerprint density at radius 1 is 1.46 bits per heavy atom. The van der Waals surface area contributed by atoms with Crippen LogP contribution in [0.4, 0.5) is 0 Å². The van der Waals surface area contributed by atoms with Crippen molar-refractivity contribution in [2.24, 2.45) is 0 Å². The fraction of sp³-hybridized carbons (Fsp3) is 0.889. The predicted molar refractivity (Wildman–Crippen MR) is 57.1 cm³/mol. The summed E-state index contributed by atoms with van der Waals surface area (Å²) in [5, 5.41) is 0. The number of piperazine rings is 1. The molecular formula is C9H18N2OS. The van der Waals surface area contributed by atoms with Crippen molar-refractivity contribution in [1.82, 2.24) is 9.80 Å². The van der Waals surface area contributed by atoms with Gasteiger partial charge in [-0.15, -0.1) is 0 Å². The van der Waals surface area contributed by atoms with Gasteiger partial charge in [-0.25, -0.2) is 0 Å². The minimum atomic E-state index is 0.0941. The van der Waals surface area contributed by atoms with Crippen molar-refractivity contribution < 1.29 is 4.79 Å². The molecule has 1 fully saturated rings. The third kappa shape index (κ3) is 2.38. The van der Waals surface area contributed by atoms with Gasteiger partial charge in [0.05, 0.1) is 5.75 Å². The lowest BCUT2D eigenvalue weighted by Crippen LogP contribution is -2.59. The van der Waals surface area contributed by atoms with E-state index < -0.39 is 0 Å². The molecule has 0 N–H and O–H groups in total. The van der Waals surface area contributed by atoms with Crippen LogP contribution in [0.15, 0.2) is 0 Å². The van der Waals surface area contributed by atoms with Crippen molar-refractivity contribution in [1.29, 1.82) is 0 Å². The Kier molecular flexibility index (Phi) is 3.24. The van der Waals surface area contributed by atoms with Crippen LogP contribution in [0, 0.1) is 0 Å². The molecule has 1 rings (SSSR count). The van der Waals surface area contributed by atoms with E-state index in [0.29, 0.717) is 5.75 Å². The van der Waals surface area contributed by atoms with Crippen molar-refractivity contribution >= 4 is 18.5 Å². The normalized spacial score (nSPS) is 23.2. The van der Waals surface area contributed by atoms with Crippen LogP contribution in [0.25, 0.3) is 0 Å². The molecule has 0 spiro atoms. The van der Waals surface area contributed by atoms with E-state index in [0.717, 1.165) is 19.6 Å². The zero-order chi connectivity index (χ0) is 10.1. The van der Waals surface area contributed by atoms with E-state index in [4.69, 9.17) is 0 Å². The van der Waals surface area contributed by atoms with Crippen molar-refractivity contribution in [3.05, 3.63) is 0 Å². The summed E-state index contributed by atoms with van der Waals surface area (Å²) in [7, 11) is 2.10. The highest BCUT2D eigenvalue weighted by Crippen LogP contribution is 2.18. The van der Waals surface area contributed by atoms with Crippen LogP contribution in [-0.4, -0.2) is 53.7 Å². The number of carbonyl (C=O) groups is 1. The second kappa shape index (κ2) is 3.88. The Morgan fingerprint density at radius 2 is 2.08 bits per heavy atom. The van der Waals surface area contributed by atoms with Crippen LogP contribution in [0.1, 0.15) is 13.8 Å². The van der Waals surface area contributed by atoms with E-state index in [-0.39, 0.29) is 11.4 Å². The summed E-state index contributed by atoms with van der Waals surface area (Å²) in [4.78, 5) is 15.6. The summed E-state index contributed by atoms with van der Waals surface area (Å²) in [6, 6.07) is 0. The highest BCUT2D eigenvalue weighted by Gasteiger charge is 2.32. The second-order valence-corrected chi connectivity index (χ2v) is 4.52. The van der Waals surface area contributed by atoms with Gasteiger partial charge in [-0.1, -0.05) is 0 Å². The van der Waals surface area contributed by atoms with Crippen molar-refractivity contribution in [3.63, 3.8) is 0 Å². The van der Waals surface area contributed by atoms with Crippen LogP contribution < -0.4 is 0 Å². The Hall–Kier alpha value is -0.220. The molecule has 76 valence electrons. The molecule has 1 aliphatic rings. The summed E-state index contributed by atoms with van der Waals surface area (Å²) >= 11 is 4.00. The van der Waals surface area contributed by atoms with E-state index in [1.165, 1.54) is 0 Å². The van der Waals surface area contributed by atoms with Gasteiger partial charge in [0.2, 0.25) is 5.91 Å². The maximum atomic E-state index is 11.4. The van der Waals surface area contributed by atoms with E-state index in [9.17, 15) is 4.79 Å². The maximum Gasteiger partial charge on any atom is 0.232 e. The number of hydrogen-bond donors (Lipinski definition) is 1. The Morgan fingerprint density at radius 3 is 2.54 bits per heavy atom. The molecule has 13 heavy (non-hydrogen) atoms. The summed E-state index contributed by atoms with van der Waals surface area (Å²) in [6.07, 6.45) is 0. The molecule has 0 aliphatic carbocycles. The topological polar surface area (TPSA) is 23.6 Å². The molecule has 0 atom stereocenters. The van der Waals surface area contributed by atoms with Gasteiger partial charge in [-0.2, -0.15) is 12.6 Å². The van der Waals surface area contributed by atoms with Gasteiger partial charge < -0.3 is 4.90 Å². The molecular weight excluding hydrogens is 184 g/mol. The van der Waals surface area contributed by atoms with Crippen LogP contribution in [0.2, 0.25) is 0 Å². The number of amides is 1. The summed E-state index contributed by atoms with van der Waals surface area (Å²) < 4.78 is 0.